The highest BCUT2D eigenvalue weighted by Gasteiger charge is 2.11. The van der Waals surface area contributed by atoms with Crippen molar-refractivity contribution in [3.63, 3.8) is 0 Å². The lowest BCUT2D eigenvalue weighted by molar-refractivity contribution is 0.830. The molecule has 0 aliphatic rings. The van der Waals surface area contributed by atoms with Gasteiger partial charge in [-0.2, -0.15) is 9.78 Å². The Hall–Kier alpha value is -4.05. The summed E-state index contributed by atoms with van der Waals surface area (Å²) in [7, 11) is 0. The molecule has 1 aromatic heterocycles. The zero-order valence-corrected chi connectivity index (χ0v) is 15.6. The van der Waals surface area contributed by atoms with E-state index in [1.807, 2.05) is 66.7 Å². The largest absolute Gasteiger partial charge is 0.282 e. The minimum Gasteiger partial charge on any atom is -0.267 e. The van der Waals surface area contributed by atoms with Gasteiger partial charge in [0, 0.05) is 5.56 Å². The lowest BCUT2D eigenvalue weighted by Crippen LogP contribution is -2.20. The highest BCUT2D eigenvalue weighted by molar-refractivity contribution is 5.90. The number of para-hydroxylation sites is 1. The van der Waals surface area contributed by atoms with Crippen LogP contribution >= 0.6 is 0 Å². The van der Waals surface area contributed by atoms with Crippen LogP contribution in [0.25, 0.3) is 33.1 Å². The number of hydrogen-bond donors (Lipinski definition) is 0. The quantitative estimate of drug-likeness (QED) is 0.412. The van der Waals surface area contributed by atoms with E-state index in [1.54, 1.807) is 12.3 Å². The maximum Gasteiger partial charge on any atom is 0.282 e. The monoisotopic (exact) mass is 375 g/mol. The van der Waals surface area contributed by atoms with Crippen LogP contribution in [0.5, 0.6) is 0 Å². The van der Waals surface area contributed by atoms with Crippen LogP contribution in [0, 0.1) is 0 Å². The van der Waals surface area contributed by atoms with Gasteiger partial charge < -0.3 is 0 Å². The van der Waals surface area contributed by atoms with Gasteiger partial charge in [0.25, 0.3) is 5.56 Å². The van der Waals surface area contributed by atoms with Crippen LogP contribution in [0.4, 0.5) is 0 Å². The molecule has 0 aliphatic carbocycles. The van der Waals surface area contributed by atoms with Crippen molar-refractivity contribution in [3.8, 4) is 11.4 Å². The molecule has 4 heteroatoms. The Balaban J connectivity index is 1.69. The Labute approximate surface area is 167 Å². The summed E-state index contributed by atoms with van der Waals surface area (Å²) in [6, 6.07) is 31.2. The van der Waals surface area contributed by atoms with Gasteiger partial charge in [-0.3, -0.25) is 4.79 Å². The van der Waals surface area contributed by atoms with Crippen LogP contribution in [0.15, 0.2) is 107 Å². The van der Waals surface area contributed by atoms with E-state index in [4.69, 9.17) is 4.98 Å². The van der Waals surface area contributed by atoms with Crippen LogP contribution in [0.3, 0.4) is 0 Å². The molecule has 1 heterocycles. The van der Waals surface area contributed by atoms with Crippen molar-refractivity contribution in [1.29, 1.82) is 0 Å². The number of benzene rings is 4. The van der Waals surface area contributed by atoms with Gasteiger partial charge in [0.15, 0.2) is 5.82 Å². The SMILES string of the molecule is O=c1c2ccccc2nc(-c2ccccc2)n1/N=C/c1ccc2ccccc2c1. The Morgan fingerprint density at radius 3 is 2.34 bits per heavy atom. The van der Waals surface area contributed by atoms with E-state index < -0.39 is 0 Å². The van der Waals surface area contributed by atoms with E-state index >= 15 is 0 Å². The molecule has 5 rings (SSSR count). The zero-order valence-electron chi connectivity index (χ0n) is 15.6. The molecule has 4 aromatic carbocycles. The molecule has 0 saturated heterocycles. The van der Waals surface area contributed by atoms with Crippen LogP contribution in [0.2, 0.25) is 0 Å². The molecule has 29 heavy (non-hydrogen) atoms. The highest BCUT2D eigenvalue weighted by Crippen LogP contribution is 2.19. The van der Waals surface area contributed by atoms with E-state index in [1.165, 1.54) is 10.1 Å². The molecule has 0 aliphatic heterocycles. The second-order valence-corrected chi connectivity index (χ2v) is 6.79. The number of hydrogen-bond acceptors (Lipinski definition) is 3. The van der Waals surface area contributed by atoms with Crippen LogP contribution in [0.1, 0.15) is 5.56 Å². The molecule has 0 N–H and O–H groups in total. The van der Waals surface area contributed by atoms with E-state index in [9.17, 15) is 4.79 Å². The van der Waals surface area contributed by atoms with Gasteiger partial charge in [-0.25, -0.2) is 4.98 Å². The van der Waals surface area contributed by atoms with Crippen LogP contribution < -0.4 is 5.56 Å². The third-order valence-corrected chi connectivity index (χ3v) is 4.88. The Morgan fingerprint density at radius 1 is 0.759 bits per heavy atom. The summed E-state index contributed by atoms with van der Waals surface area (Å²) in [6.07, 6.45) is 1.71. The lowest BCUT2D eigenvalue weighted by Gasteiger charge is -2.09. The molecule has 0 saturated carbocycles. The zero-order chi connectivity index (χ0) is 19.6. The molecule has 0 unspecified atom stereocenters. The minimum absolute atomic E-state index is 0.188. The standard InChI is InChI=1S/C25H17N3O/c29-25-22-12-6-7-13-23(22)27-24(20-9-2-1-3-10-20)28(25)26-17-18-14-15-19-8-4-5-11-21(19)16-18/h1-17H/b26-17+. The van der Waals surface area contributed by atoms with Gasteiger partial charge in [0.1, 0.15) is 0 Å². The summed E-state index contributed by atoms with van der Waals surface area (Å²) in [5.41, 5.74) is 2.23. The first kappa shape index (κ1) is 17.1. The number of nitrogens with zero attached hydrogens (tertiary/aromatic N) is 3. The van der Waals surface area contributed by atoms with Crippen molar-refractivity contribution < 1.29 is 0 Å². The van der Waals surface area contributed by atoms with Gasteiger partial charge in [-0.15, -0.1) is 0 Å². The van der Waals surface area contributed by atoms with Gasteiger partial charge in [0.2, 0.25) is 0 Å². The fourth-order valence-electron chi connectivity index (χ4n) is 3.42. The lowest BCUT2D eigenvalue weighted by atomic mass is 10.1. The van der Waals surface area contributed by atoms with E-state index in [2.05, 4.69) is 29.4 Å². The average molecular weight is 375 g/mol. The molecule has 0 spiro atoms. The molecule has 138 valence electrons. The van der Waals surface area contributed by atoms with E-state index in [0.29, 0.717) is 16.7 Å². The predicted octanol–water partition coefficient (Wildman–Crippen LogP) is 5.10. The average Bonchev–Trinajstić information content (AvgIpc) is 2.79. The highest BCUT2D eigenvalue weighted by atomic mass is 16.1. The molecule has 0 atom stereocenters. The first-order valence-electron chi connectivity index (χ1n) is 9.40. The first-order valence-corrected chi connectivity index (χ1v) is 9.40. The van der Waals surface area contributed by atoms with Crippen molar-refractivity contribution >= 4 is 27.9 Å². The summed E-state index contributed by atoms with van der Waals surface area (Å²) in [5.74, 6) is 0.520. The number of fused-ring (bicyclic) bond motifs is 2. The molecule has 0 radical (unpaired) electrons. The number of rotatable bonds is 3. The third kappa shape index (κ3) is 3.21. The fourth-order valence-corrected chi connectivity index (χ4v) is 3.42. The molecule has 0 bridgehead atoms. The first-order chi connectivity index (χ1) is 14.3. The summed E-state index contributed by atoms with van der Waals surface area (Å²) in [5, 5.41) is 7.36. The van der Waals surface area contributed by atoms with Crippen molar-refractivity contribution in [1.82, 2.24) is 9.66 Å². The van der Waals surface area contributed by atoms with Gasteiger partial charge in [0.05, 0.1) is 17.1 Å². The van der Waals surface area contributed by atoms with E-state index in [0.717, 1.165) is 16.5 Å². The van der Waals surface area contributed by atoms with Crippen molar-refractivity contribution in [2.45, 2.75) is 0 Å². The minimum atomic E-state index is -0.188. The predicted molar refractivity (Wildman–Crippen MR) is 118 cm³/mol. The molecule has 5 aromatic rings. The van der Waals surface area contributed by atoms with Crippen molar-refractivity contribution in [2.24, 2.45) is 5.10 Å². The second-order valence-electron chi connectivity index (χ2n) is 6.79. The van der Waals surface area contributed by atoms with Crippen molar-refractivity contribution in [2.75, 3.05) is 0 Å². The van der Waals surface area contributed by atoms with Crippen LogP contribution in [-0.4, -0.2) is 15.9 Å². The molecule has 4 nitrogen and oxygen atoms in total. The Morgan fingerprint density at radius 2 is 1.48 bits per heavy atom. The van der Waals surface area contributed by atoms with Crippen LogP contribution in [-0.2, 0) is 0 Å². The smallest absolute Gasteiger partial charge is 0.267 e. The topological polar surface area (TPSA) is 47.2 Å². The van der Waals surface area contributed by atoms with Crippen molar-refractivity contribution in [3.05, 3.63) is 113 Å². The molecular weight excluding hydrogens is 358 g/mol. The Kier molecular flexibility index (Phi) is 4.22. The third-order valence-electron chi connectivity index (χ3n) is 4.88. The molecule has 0 amide bonds. The van der Waals surface area contributed by atoms with Gasteiger partial charge in [-0.1, -0.05) is 78.9 Å². The molecular formula is C25H17N3O. The summed E-state index contributed by atoms with van der Waals surface area (Å²) in [4.78, 5) is 17.9. The molecule has 0 fully saturated rings. The maximum atomic E-state index is 13.2. The van der Waals surface area contributed by atoms with Gasteiger partial charge >= 0.3 is 0 Å². The summed E-state index contributed by atoms with van der Waals surface area (Å²) < 4.78 is 1.38. The second kappa shape index (κ2) is 7.17. The van der Waals surface area contributed by atoms with E-state index in [-0.39, 0.29) is 5.56 Å². The summed E-state index contributed by atoms with van der Waals surface area (Å²) in [6.45, 7) is 0. The fraction of sp³-hybridized carbons (Fsp3) is 0. The summed E-state index contributed by atoms with van der Waals surface area (Å²) >= 11 is 0. The maximum absolute atomic E-state index is 13.2. The number of aromatic nitrogens is 2. The Bertz CT molecular complexity index is 1420. The van der Waals surface area contributed by atoms with Gasteiger partial charge in [-0.05, 0) is 34.5 Å². The normalized spacial score (nSPS) is 11.4.